The van der Waals surface area contributed by atoms with E-state index in [0.717, 1.165) is 25.3 Å². The molecule has 3 nitrogen and oxygen atoms in total. The van der Waals surface area contributed by atoms with E-state index in [0.29, 0.717) is 0 Å². The molecule has 0 spiro atoms. The molecule has 23 heavy (non-hydrogen) atoms. The van der Waals surface area contributed by atoms with E-state index < -0.39 is 0 Å². The Morgan fingerprint density at radius 2 is 1.96 bits per heavy atom. The third-order valence-corrected chi connectivity index (χ3v) is 3.86. The molecule has 120 valence electrons. The van der Waals surface area contributed by atoms with Gasteiger partial charge in [0.05, 0.1) is 6.10 Å². The SMILES string of the molecule is CC(C)Oc1ccccc1CNCCc1ccc2[nH]ccc2c1. The summed E-state index contributed by atoms with van der Waals surface area (Å²) in [6, 6.07) is 17.0. The van der Waals surface area contributed by atoms with Gasteiger partial charge >= 0.3 is 0 Å². The van der Waals surface area contributed by atoms with Crippen LogP contribution >= 0.6 is 0 Å². The summed E-state index contributed by atoms with van der Waals surface area (Å²) in [6.07, 6.45) is 3.20. The minimum Gasteiger partial charge on any atom is -0.491 e. The first-order valence-electron chi connectivity index (χ1n) is 8.23. The lowest BCUT2D eigenvalue weighted by Crippen LogP contribution is -2.18. The molecule has 0 aliphatic heterocycles. The molecule has 0 aliphatic rings. The average molecular weight is 308 g/mol. The number of benzene rings is 2. The van der Waals surface area contributed by atoms with Crippen molar-refractivity contribution in [2.45, 2.75) is 32.9 Å². The highest BCUT2D eigenvalue weighted by atomic mass is 16.5. The summed E-state index contributed by atoms with van der Waals surface area (Å²) in [4.78, 5) is 3.23. The van der Waals surface area contributed by atoms with Gasteiger partial charge in [0.15, 0.2) is 0 Å². The van der Waals surface area contributed by atoms with Crippen LogP contribution in [-0.2, 0) is 13.0 Å². The van der Waals surface area contributed by atoms with E-state index in [2.05, 4.69) is 60.5 Å². The van der Waals surface area contributed by atoms with Gasteiger partial charge < -0.3 is 15.0 Å². The van der Waals surface area contributed by atoms with Gasteiger partial charge in [-0.2, -0.15) is 0 Å². The molecule has 0 unspecified atom stereocenters. The highest BCUT2D eigenvalue weighted by Gasteiger charge is 2.04. The normalized spacial score (nSPS) is 11.3. The quantitative estimate of drug-likeness (QED) is 0.639. The molecule has 0 atom stereocenters. The van der Waals surface area contributed by atoms with Crippen molar-refractivity contribution in [3.8, 4) is 5.75 Å². The number of aromatic amines is 1. The maximum atomic E-state index is 5.86. The van der Waals surface area contributed by atoms with Gasteiger partial charge in [-0.1, -0.05) is 24.3 Å². The predicted octanol–water partition coefficient (Wildman–Crippen LogP) is 4.29. The van der Waals surface area contributed by atoms with Crippen LogP contribution in [0.1, 0.15) is 25.0 Å². The van der Waals surface area contributed by atoms with E-state index in [9.17, 15) is 0 Å². The maximum absolute atomic E-state index is 5.86. The molecule has 0 fully saturated rings. The Bertz CT molecular complexity index is 761. The molecule has 0 radical (unpaired) electrons. The minimum absolute atomic E-state index is 0.198. The lowest BCUT2D eigenvalue weighted by Gasteiger charge is -2.14. The number of rotatable bonds is 7. The molecule has 1 heterocycles. The molecule has 0 saturated carbocycles. The van der Waals surface area contributed by atoms with Gasteiger partial charge in [-0.15, -0.1) is 0 Å². The average Bonchev–Trinajstić information content (AvgIpc) is 3.00. The fourth-order valence-corrected chi connectivity index (χ4v) is 2.73. The largest absolute Gasteiger partial charge is 0.491 e. The fourth-order valence-electron chi connectivity index (χ4n) is 2.73. The zero-order valence-electron chi connectivity index (χ0n) is 13.8. The molecule has 2 N–H and O–H groups in total. The zero-order chi connectivity index (χ0) is 16.1. The second kappa shape index (κ2) is 7.34. The monoisotopic (exact) mass is 308 g/mol. The molecular weight excluding hydrogens is 284 g/mol. The van der Waals surface area contributed by atoms with Gasteiger partial charge in [0, 0.05) is 23.8 Å². The van der Waals surface area contributed by atoms with Crippen LogP contribution in [-0.4, -0.2) is 17.6 Å². The van der Waals surface area contributed by atoms with E-state index in [1.807, 2.05) is 18.3 Å². The highest BCUT2D eigenvalue weighted by molar-refractivity contribution is 5.79. The van der Waals surface area contributed by atoms with Gasteiger partial charge in [0.25, 0.3) is 0 Å². The summed E-state index contributed by atoms with van der Waals surface area (Å²) >= 11 is 0. The standard InChI is InChI=1S/C20H24N2O/c1-15(2)23-20-6-4-3-5-18(20)14-21-11-9-16-7-8-19-17(13-16)10-12-22-19/h3-8,10,12-13,15,21-22H,9,11,14H2,1-2H3. The molecule has 0 aliphatic carbocycles. The highest BCUT2D eigenvalue weighted by Crippen LogP contribution is 2.19. The van der Waals surface area contributed by atoms with Crippen molar-refractivity contribution < 1.29 is 4.74 Å². The molecule has 3 aromatic rings. The van der Waals surface area contributed by atoms with Crippen LogP contribution in [0.25, 0.3) is 10.9 Å². The second-order valence-electron chi connectivity index (χ2n) is 6.10. The van der Waals surface area contributed by atoms with E-state index in [1.165, 1.54) is 22.0 Å². The number of fused-ring (bicyclic) bond motifs is 1. The van der Waals surface area contributed by atoms with Crippen LogP contribution in [0.4, 0.5) is 0 Å². The maximum Gasteiger partial charge on any atom is 0.124 e. The third kappa shape index (κ3) is 4.14. The van der Waals surface area contributed by atoms with E-state index in [-0.39, 0.29) is 6.10 Å². The Kier molecular flexibility index (Phi) is 4.99. The summed E-state index contributed by atoms with van der Waals surface area (Å²) in [7, 11) is 0. The van der Waals surface area contributed by atoms with E-state index in [1.54, 1.807) is 0 Å². The molecule has 1 aromatic heterocycles. The summed E-state index contributed by atoms with van der Waals surface area (Å²) in [5.41, 5.74) is 3.76. The number of hydrogen-bond donors (Lipinski definition) is 2. The number of nitrogens with one attached hydrogen (secondary N) is 2. The number of aromatic nitrogens is 1. The molecule has 2 aromatic carbocycles. The Hall–Kier alpha value is -2.26. The summed E-state index contributed by atoms with van der Waals surface area (Å²) in [5, 5.41) is 4.79. The Balaban J connectivity index is 1.53. The van der Waals surface area contributed by atoms with Crippen LogP contribution in [0.5, 0.6) is 5.75 Å². The summed E-state index contributed by atoms with van der Waals surface area (Å²) in [6.45, 7) is 5.89. The summed E-state index contributed by atoms with van der Waals surface area (Å²) in [5.74, 6) is 0.976. The topological polar surface area (TPSA) is 37.0 Å². The van der Waals surface area contributed by atoms with Crippen molar-refractivity contribution >= 4 is 10.9 Å². The number of para-hydroxylation sites is 1. The molecular formula is C20H24N2O. The molecule has 3 rings (SSSR count). The van der Waals surface area contributed by atoms with Gasteiger partial charge in [-0.25, -0.2) is 0 Å². The minimum atomic E-state index is 0.198. The van der Waals surface area contributed by atoms with Crippen molar-refractivity contribution in [3.05, 3.63) is 65.9 Å². The lowest BCUT2D eigenvalue weighted by atomic mass is 10.1. The first-order chi connectivity index (χ1) is 11.2. The van der Waals surface area contributed by atoms with Crippen LogP contribution < -0.4 is 10.1 Å². The van der Waals surface area contributed by atoms with Crippen LogP contribution in [0.3, 0.4) is 0 Å². The molecule has 0 bridgehead atoms. The van der Waals surface area contributed by atoms with Crippen molar-refractivity contribution in [1.29, 1.82) is 0 Å². The summed E-state index contributed by atoms with van der Waals surface area (Å²) < 4.78 is 5.86. The van der Waals surface area contributed by atoms with Crippen molar-refractivity contribution in [3.63, 3.8) is 0 Å². The molecule has 3 heteroatoms. The van der Waals surface area contributed by atoms with Gasteiger partial charge in [0.2, 0.25) is 0 Å². The number of H-pyrrole nitrogens is 1. The Morgan fingerprint density at radius 3 is 2.83 bits per heavy atom. The van der Waals surface area contributed by atoms with E-state index in [4.69, 9.17) is 4.74 Å². The van der Waals surface area contributed by atoms with Crippen LogP contribution in [0, 0.1) is 0 Å². The lowest BCUT2D eigenvalue weighted by molar-refractivity contribution is 0.239. The van der Waals surface area contributed by atoms with Crippen LogP contribution in [0.2, 0.25) is 0 Å². The molecule has 0 amide bonds. The van der Waals surface area contributed by atoms with Crippen molar-refractivity contribution in [1.82, 2.24) is 10.3 Å². The number of ether oxygens (including phenoxy) is 1. The van der Waals surface area contributed by atoms with Crippen LogP contribution in [0.15, 0.2) is 54.7 Å². The smallest absolute Gasteiger partial charge is 0.124 e. The zero-order valence-corrected chi connectivity index (χ0v) is 13.8. The first kappa shape index (κ1) is 15.6. The molecule has 0 saturated heterocycles. The van der Waals surface area contributed by atoms with E-state index >= 15 is 0 Å². The van der Waals surface area contributed by atoms with Gasteiger partial charge in [-0.05, 0) is 62.0 Å². The van der Waals surface area contributed by atoms with Gasteiger partial charge in [-0.3, -0.25) is 0 Å². The number of hydrogen-bond acceptors (Lipinski definition) is 2. The Labute approximate surface area is 137 Å². The Morgan fingerprint density at radius 1 is 1.09 bits per heavy atom. The van der Waals surface area contributed by atoms with Crippen molar-refractivity contribution in [2.75, 3.05) is 6.54 Å². The predicted molar refractivity (Wildman–Crippen MR) is 95.9 cm³/mol. The van der Waals surface area contributed by atoms with Gasteiger partial charge in [0.1, 0.15) is 5.75 Å². The van der Waals surface area contributed by atoms with Crippen molar-refractivity contribution in [2.24, 2.45) is 0 Å². The fraction of sp³-hybridized carbons (Fsp3) is 0.300. The first-order valence-corrected chi connectivity index (χ1v) is 8.23. The third-order valence-electron chi connectivity index (χ3n) is 3.86. The second-order valence-corrected chi connectivity index (χ2v) is 6.10.